The van der Waals surface area contributed by atoms with Crippen LogP contribution in [0.3, 0.4) is 0 Å². The summed E-state index contributed by atoms with van der Waals surface area (Å²) < 4.78 is 0. The molecule has 0 heterocycles. The number of unbranched alkanes of at least 4 members (excludes halogenated alkanes) is 1. The van der Waals surface area contributed by atoms with Crippen molar-refractivity contribution in [3.63, 3.8) is 0 Å². The number of hydrogen-bond donors (Lipinski definition) is 8. The number of Topliss-reactive ketones (excluding diaryl/α,β-unsaturated/α-hetero) is 1. The molecule has 12 nitrogen and oxygen atoms in total. The van der Waals surface area contributed by atoms with E-state index in [1.807, 2.05) is 30.3 Å². The summed E-state index contributed by atoms with van der Waals surface area (Å²) in [5, 5.41) is 37.8. The molecule has 0 spiro atoms. The fourth-order valence-corrected chi connectivity index (χ4v) is 4.44. The first kappa shape index (κ1) is 35.4. The average Bonchev–Trinajstić information content (AvgIpc) is 2.98. The Morgan fingerprint density at radius 3 is 1.95 bits per heavy atom. The largest absolute Gasteiger partial charge is 0.508 e. The number of ketones is 1. The van der Waals surface area contributed by atoms with Gasteiger partial charge in [-0.1, -0.05) is 48.9 Å². The predicted molar refractivity (Wildman–Crippen MR) is 162 cm³/mol. The van der Waals surface area contributed by atoms with Gasteiger partial charge in [-0.05, 0) is 62.9 Å². The van der Waals surface area contributed by atoms with Gasteiger partial charge in [0.2, 0.25) is 17.7 Å². The lowest BCUT2D eigenvalue weighted by molar-refractivity contribution is -0.136. The maximum atomic E-state index is 13.4. The van der Waals surface area contributed by atoms with Crippen LogP contribution >= 0.6 is 0 Å². The Hall–Kier alpha value is -3.84. The van der Waals surface area contributed by atoms with Gasteiger partial charge in [0, 0.05) is 12.8 Å². The van der Waals surface area contributed by atoms with Crippen molar-refractivity contribution in [3.8, 4) is 5.75 Å². The van der Waals surface area contributed by atoms with E-state index in [9.17, 15) is 34.5 Å². The van der Waals surface area contributed by atoms with E-state index in [0.29, 0.717) is 37.8 Å². The van der Waals surface area contributed by atoms with Gasteiger partial charge in [-0.2, -0.15) is 0 Å². The Bertz CT molecular complexity index is 1170. The fourth-order valence-electron chi connectivity index (χ4n) is 4.44. The number of aliphatic hydroxyl groups is 2. The number of rotatable bonds is 18. The molecule has 3 amide bonds. The lowest BCUT2D eigenvalue weighted by atomic mass is 9.99. The van der Waals surface area contributed by atoms with Crippen molar-refractivity contribution in [2.45, 2.75) is 88.7 Å². The highest BCUT2D eigenvalue weighted by molar-refractivity contribution is 5.95. The molecule has 0 aliphatic carbocycles. The quantitative estimate of drug-likeness (QED) is 0.106. The Morgan fingerprint density at radius 2 is 1.37 bits per heavy atom. The van der Waals surface area contributed by atoms with E-state index >= 15 is 0 Å². The molecule has 0 radical (unpaired) electrons. The van der Waals surface area contributed by atoms with E-state index in [0.717, 1.165) is 5.56 Å². The molecule has 10 N–H and O–H groups in total. The number of aliphatic hydroxyl groups excluding tert-OH is 2. The molecule has 2 rings (SSSR count). The summed E-state index contributed by atoms with van der Waals surface area (Å²) in [6, 6.07) is 10.4. The zero-order chi connectivity index (χ0) is 31.9. The maximum Gasteiger partial charge on any atom is 0.245 e. The van der Waals surface area contributed by atoms with Crippen molar-refractivity contribution in [2.75, 3.05) is 6.54 Å². The Balaban J connectivity index is 2.16. The number of amides is 3. The highest BCUT2D eigenvalue weighted by Crippen LogP contribution is 2.13. The van der Waals surface area contributed by atoms with Crippen LogP contribution in [0.2, 0.25) is 0 Å². The molecule has 2 aromatic rings. The number of nitrogens with one attached hydrogen (secondary N) is 3. The number of aromatic hydroxyl groups is 1. The minimum Gasteiger partial charge on any atom is -0.508 e. The van der Waals surface area contributed by atoms with Crippen molar-refractivity contribution in [1.29, 1.82) is 0 Å². The van der Waals surface area contributed by atoms with Gasteiger partial charge in [-0.15, -0.1) is 0 Å². The number of phenols is 1. The summed E-state index contributed by atoms with van der Waals surface area (Å²) in [6.45, 7) is 3.11. The van der Waals surface area contributed by atoms with E-state index in [4.69, 9.17) is 11.5 Å². The number of carbonyl (C=O) groups excluding carboxylic acids is 4. The van der Waals surface area contributed by atoms with Crippen LogP contribution in [0.25, 0.3) is 0 Å². The van der Waals surface area contributed by atoms with Crippen molar-refractivity contribution in [3.05, 3.63) is 65.7 Å². The fraction of sp³-hybridized carbons (Fsp3) is 0.484. The molecule has 1 unspecified atom stereocenters. The van der Waals surface area contributed by atoms with Crippen LogP contribution < -0.4 is 27.4 Å². The first-order chi connectivity index (χ1) is 20.4. The molecule has 6 atom stereocenters. The summed E-state index contributed by atoms with van der Waals surface area (Å²) in [7, 11) is 0. The van der Waals surface area contributed by atoms with Crippen LogP contribution in [0.15, 0.2) is 54.6 Å². The molecule has 0 aliphatic rings. The molecule has 0 saturated carbocycles. The second kappa shape index (κ2) is 18.0. The number of benzene rings is 2. The van der Waals surface area contributed by atoms with Crippen LogP contribution in [0, 0.1) is 0 Å². The van der Waals surface area contributed by atoms with E-state index < -0.39 is 59.9 Å². The van der Waals surface area contributed by atoms with Gasteiger partial charge in [-0.3, -0.25) is 19.2 Å². The molecule has 43 heavy (non-hydrogen) atoms. The molecule has 0 saturated heterocycles. The van der Waals surface area contributed by atoms with E-state index in [1.54, 1.807) is 12.1 Å². The zero-order valence-corrected chi connectivity index (χ0v) is 24.7. The number of hydrogen-bond acceptors (Lipinski definition) is 9. The van der Waals surface area contributed by atoms with Gasteiger partial charge in [-0.25, -0.2) is 0 Å². The first-order valence-electron chi connectivity index (χ1n) is 14.5. The topological polar surface area (TPSA) is 217 Å². The first-order valence-corrected chi connectivity index (χ1v) is 14.5. The summed E-state index contributed by atoms with van der Waals surface area (Å²) in [4.78, 5) is 52.4. The zero-order valence-electron chi connectivity index (χ0n) is 24.7. The predicted octanol–water partition coefficient (Wildman–Crippen LogP) is -0.191. The van der Waals surface area contributed by atoms with Crippen molar-refractivity contribution in [1.82, 2.24) is 16.0 Å². The summed E-state index contributed by atoms with van der Waals surface area (Å²) in [5.74, 6) is -2.63. The van der Waals surface area contributed by atoms with Crippen LogP contribution in [0.5, 0.6) is 5.75 Å². The van der Waals surface area contributed by atoms with E-state index in [2.05, 4.69) is 16.0 Å². The third-order valence-electron chi connectivity index (χ3n) is 7.01. The summed E-state index contributed by atoms with van der Waals surface area (Å²) >= 11 is 0. The monoisotopic (exact) mass is 599 g/mol. The van der Waals surface area contributed by atoms with Gasteiger partial charge < -0.3 is 42.7 Å². The second-order valence-electron chi connectivity index (χ2n) is 10.7. The van der Waals surface area contributed by atoms with Crippen LogP contribution in [-0.4, -0.2) is 81.7 Å². The molecule has 0 bridgehead atoms. The Kier molecular flexibility index (Phi) is 14.8. The number of phenolic OH excluding ortho intramolecular Hbond substituents is 1. The minimum absolute atomic E-state index is 0.00417. The van der Waals surface area contributed by atoms with Crippen molar-refractivity contribution < 1.29 is 34.5 Å². The third-order valence-corrected chi connectivity index (χ3v) is 7.01. The Labute approximate surface area is 252 Å². The van der Waals surface area contributed by atoms with Gasteiger partial charge in [0.25, 0.3) is 0 Å². The molecular weight excluding hydrogens is 554 g/mol. The van der Waals surface area contributed by atoms with E-state index in [1.165, 1.54) is 26.0 Å². The molecule has 236 valence electrons. The number of aryl methyl sites for hydroxylation is 1. The van der Waals surface area contributed by atoms with Gasteiger partial charge >= 0.3 is 0 Å². The molecule has 0 fully saturated rings. The normalized spacial score (nSPS) is 15.3. The van der Waals surface area contributed by atoms with Gasteiger partial charge in [0.05, 0.1) is 18.2 Å². The van der Waals surface area contributed by atoms with Gasteiger partial charge in [0.15, 0.2) is 5.78 Å². The average molecular weight is 600 g/mol. The molecule has 12 heteroatoms. The molecule has 0 aromatic heterocycles. The highest BCUT2D eigenvalue weighted by atomic mass is 16.3. The number of nitrogens with two attached hydrogens (primary N) is 2. The van der Waals surface area contributed by atoms with Crippen LogP contribution in [0.1, 0.15) is 50.7 Å². The third kappa shape index (κ3) is 12.1. The molecule has 2 aromatic carbocycles. The standard InChI is InChI=1S/C31H45N5O7/c1-19(37)27(26(40)16-13-21-8-4-3-5-9-21)35-31(43)28(20(2)38)36-30(42)25(18-22-11-14-23(39)15-12-22)34-29(41)24(33)10-6-7-17-32/h3-5,8-9,11-12,14-15,19-20,24-25,27-28,37-39H,6-7,10,13,16-18,32-33H2,1-2H3,(H,34,41)(H,35,43)(H,36,42)/t19-,20-,24+,25+,27+,28?/m1/s1. The summed E-state index contributed by atoms with van der Waals surface area (Å²) in [6.07, 6.45) is -0.504. The Morgan fingerprint density at radius 1 is 0.767 bits per heavy atom. The highest BCUT2D eigenvalue weighted by Gasteiger charge is 2.34. The SMILES string of the molecule is C[C@@H](O)C(NC(=O)[C@H](Cc1ccc(O)cc1)NC(=O)[C@@H](N)CCCCN)C(=O)N[C@H](C(=O)CCc1ccccc1)[C@@H](C)O. The lowest BCUT2D eigenvalue weighted by Crippen LogP contribution is -2.61. The van der Waals surface area contributed by atoms with Crippen LogP contribution in [-0.2, 0) is 32.0 Å². The minimum atomic E-state index is -1.51. The van der Waals surface area contributed by atoms with Crippen LogP contribution in [0.4, 0.5) is 0 Å². The molecule has 0 aliphatic heterocycles. The molecular formula is C31H45N5O7. The van der Waals surface area contributed by atoms with Crippen molar-refractivity contribution in [2.24, 2.45) is 11.5 Å². The number of carbonyl (C=O) groups is 4. The van der Waals surface area contributed by atoms with Crippen molar-refractivity contribution >= 4 is 23.5 Å². The lowest BCUT2D eigenvalue weighted by Gasteiger charge is -2.28. The van der Waals surface area contributed by atoms with E-state index in [-0.39, 0.29) is 18.6 Å². The smallest absolute Gasteiger partial charge is 0.245 e. The maximum absolute atomic E-state index is 13.4. The summed E-state index contributed by atoms with van der Waals surface area (Å²) in [5.41, 5.74) is 13.0. The van der Waals surface area contributed by atoms with Gasteiger partial charge in [0.1, 0.15) is 23.9 Å². The second-order valence-corrected chi connectivity index (χ2v) is 10.7.